The van der Waals surface area contributed by atoms with E-state index < -0.39 is 19.3 Å². The third-order valence-corrected chi connectivity index (χ3v) is 4.83. The predicted molar refractivity (Wildman–Crippen MR) is 59.2 cm³/mol. The second kappa shape index (κ2) is 3.94. The second-order valence-electron chi connectivity index (χ2n) is 3.25. The molecule has 0 fully saturated rings. The molecule has 0 aromatic carbocycles. The van der Waals surface area contributed by atoms with Crippen LogP contribution in [-0.4, -0.2) is 13.9 Å². The van der Waals surface area contributed by atoms with E-state index >= 15 is 0 Å². The highest BCUT2D eigenvalue weighted by Crippen LogP contribution is 2.55. The molecular formula is C7H9Cl5O. The quantitative estimate of drug-likeness (QED) is 0.697. The zero-order valence-corrected chi connectivity index (χ0v) is 11.1. The summed E-state index contributed by atoms with van der Waals surface area (Å²) in [5.41, 5.74) is -1.17. The molecule has 0 rings (SSSR count). The normalized spacial score (nSPS) is 14.5. The van der Waals surface area contributed by atoms with Crippen molar-refractivity contribution < 1.29 is 4.79 Å². The Morgan fingerprint density at radius 2 is 1.31 bits per heavy atom. The van der Waals surface area contributed by atoms with Gasteiger partial charge < -0.3 is 0 Å². The third kappa shape index (κ3) is 2.57. The van der Waals surface area contributed by atoms with E-state index in [1.165, 1.54) is 20.8 Å². The Morgan fingerprint density at radius 3 is 1.38 bits per heavy atom. The largest absolute Gasteiger partial charge is 0.297 e. The van der Waals surface area contributed by atoms with Crippen molar-refractivity contribution in [2.24, 2.45) is 5.41 Å². The van der Waals surface area contributed by atoms with E-state index in [4.69, 9.17) is 58.0 Å². The summed E-state index contributed by atoms with van der Waals surface area (Å²) in [7, 11) is 0. The Morgan fingerprint density at radius 1 is 1.00 bits per heavy atom. The van der Waals surface area contributed by atoms with Crippen LogP contribution >= 0.6 is 58.0 Å². The van der Waals surface area contributed by atoms with Crippen LogP contribution in [0.3, 0.4) is 0 Å². The van der Waals surface area contributed by atoms with Gasteiger partial charge in [0.25, 0.3) is 0 Å². The lowest BCUT2D eigenvalue weighted by Gasteiger charge is -2.40. The summed E-state index contributed by atoms with van der Waals surface area (Å²) in [6, 6.07) is 0. The molecule has 0 amide bonds. The van der Waals surface area contributed by atoms with Gasteiger partial charge in [-0.15, -0.1) is 0 Å². The van der Waals surface area contributed by atoms with Crippen molar-refractivity contribution in [1.82, 2.24) is 0 Å². The Hall–Kier alpha value is 1.12. The summed E-state index contributed by atoms with van der Waals surface area (Å²) < 4.78 is -3.42. The molecule has 0 aliphatic carbocycles. The van der Waals surface area contributed by atoms with E-state index in [0.717, 1.165) is 0 Å². The van der Waals surface area contributed by atoms with Gasteiger partial charge in [0, 0.05) is 0 Å². The minimum Gasteiger partial charge on any atom is -0.297 e. The fraction of sp³-hybridized carbons (Fsp3) is 0.857. The van der Waals surface area contributed by atoms with Gasteiger partial charge in [-0.2, -0.15) is 0 Å². The molecule has 0 unspecified atom stereocenters. The Labute approximate surface area is 103 Å². The zero-order chi connectivity index (χ0) is 11.1. The van der Waals surface area contributed by atoms with Crippen LogP contribution in [-0.2, 0) is 4.79 Å². The van der Waals surface area contributed by atoms with Crippen LogP contribution in [0.15, 0.2) is 0 Å². The van der Waals surface area contributed by atoms with E-state index in [2.05, 4.69) is 0 Å². The van der Waals surface area contributed by atoms with Gasteiger partial charge in [0.15, 0.2) is 13.9 Å². The molecule has 13 heavy (non-hydrogen) atoms. The van der Waals surface area contributed by atoms with Gasteiger partial charge in [-0.3, -0.25) is 4.79 Å². The highest BCUT2D eigenvalue weighted by Gasteiger charge is 2.57. The van der Waals surface area contributed by atoms with Gasteiger partial charge in [0.05, 0.1) is 5.41 Å². The first-order valence-electron chi connectivity index (χ1n) is 3.40. The third-order valence-electron chi connectivity index (χ3n) is 1.94. The van der Waals surface area contributed by atoms with E-state index in [1.807, 2.05) is 0 Å². The molecule has 0 saturated carbocycles. The molecule has 78 valence electrons. The smallest absolute Gasteiger partial charge is 0.198 e. The summed E-state index contributed by atoms with van der Waals surface area (Å²) in [6.07, 6.45) is 0. The van der Waals surface area contributed by atoms with Crippen LogP contribution in [0.4, 0.5) is 0 Å². The van der Waals surface area contributed by atoms with Gasteiger partial charge in [-0.25, -0.2) is 0 Å². The van der Waals surface area contributed by atoms with E-state index in [9.17, 15) is 4.79 Å². The van der Waals surface area contributed by atoms with Crippen molar-refractivity contribution in [1.29, 1.82) is 0 Å². The number of hydrogen-bond acceptors (Lipinski definition) is 1. The van der Waals surface area contributed by atoms with Crippen LogP contribution in [0.1, 0.15) is 20.8 Å². The Balaban J connectivity index is 5.16. The molecule has 0 aromatic rings. The van der Waals surface area contributed by atoms with Crippen molar-refractivity contribution in [3.05, 3.63) is 0 Å². The van der Waals surface area contributed by atoms with Crippen molar-refractivity contribution >= 4 is 63.8 Å². The average molecular weight is 286 g/mol. The predicted octanol–water partition coefficient (Wildman–Crippen LogP) is 4.15. The van der Waals surface area contributed by atoms with E-state index in [-0.39, 0.29) is 0 Å². The SMILES string of the molecule is CC(=O)C(Cl)(Cl)C(C)(C)C(Cl)(Cl)Cl. The molecule has 0 aliphatic heterocycles. The molecule has 0 aromatic heterocycles. The number of halogens is 5. The number of rotatable bonds is 2. The van der Waals surface area contributed by atoms with E-state index in [1.54, 1.807) is 0 Å². The number of hydrogen-bond donors (Lipinski definition) is 0. The van der Waals surface area contributed by atoms with Gasteiger partial charge in [0.2, 0.25) is 0 Å². The maximum absolute atomic E-state index is 11.1. The molecule has 0 radical (unpaired) electrons. The number of carbonyl (C=O) groups excluding carboxylic acids is 1. The molecular weight excluding hydrogens is 277 g/mol. The van der Waals surface area contributed by atoms with Crippen molar-refractivity contribution in [3.8, 4) is 0 Å². The standard InChI is InChI=1S/C7H9Cl5O/c1-4(13)6(8,9)5(2,3)7(10,11)12/h1-3H3. The van der Waals surface area contributed by atoms with Crippen LogP contribution in [0.2, 0.25) is 0 Å². The highest BCUT2D eigenvalue weighted by atomic mass is 35.6. The van der Waals surface area contributed by atoms with Gasteiger partial charge in [-0.05, 0) is 6.92 Å². The minimum absolute atomic E-state index is 0.452. The molecule has 0 N–H and O–H groups in total. The first-order chi connectivity index (χ1) is 5.44. The topological polar surface area (TPSA) is 17.1 Å². The molecule has 0 atom stereocenters. The molecule has 0 saturated heterocycles. The number of carbonyl (C=O) groups is 1. The fourth-order valence-corrected chi connectivity index (χ4v) is 1.62. The zero-order valence-electron chi connectivity index (χ0n) is 7.30. The fourth-order valence-electron chi connectivity index (χ4n) is 0.618. The highest BCUT2D eigenvalue weighted by molar-refractivity contribution is 6.70. The maximum atomic E-state index is 11.1. The van der Waals surface area contributed by atoms with Crippen LogP contribution in [0.25, 0.3) is 0 Å². The lowest BCUT2D eigenvalue weighted by Crippen LogP contribution is -2.48. The van der Waals surface area contributed by atoms with Crippen molar-refractivity contribution in [3.63, 3.8) is 0 Å². The lowest BCUT2D eigenvalue weighted by molar-refractivity contribution is -0.119. The number of alkyl halides is 5. The number of ketones is 1. The summed E-state index contributed by atoms with van der Waals surface area (Å²) in [4.78, 5) is 11.1. The Bertz CT molecular complexity index is 215. The molecule has 6 heteroatoms. The van der Waals surface area contributed by atoms with Gasteiger partial charge in [-0.1, -0.05) is 71.9 Å². The van der Waals surface area contributed by atoms with Crippen molar-refractivity contribution in [2.45, 2.75) is 28.9 Å². The minimum atomic E-state index is -1.71. The summed E-state index contributed by atoms with van der Waals surface area (Å²) in [6.45, 7) is 4.28. The van der Waals surface area contributed by atoms with E-state index in [0.29, 0.717) is 0 Å². The molecule has 0 bridgehead atoms. The molecule has 0 aliphatic rings. The molecule has 1 nitrogen and oxygen atoms in total. The summed E-state index contributed by atoms with van der Waals surface area (Å²) in [5, 5.41) is 0. The maximum Gasteiger partial charge on any atom is 0.198 e. The number of Topliss-reactive ketones (excluding diaryl/α,β-unsaturated/α-hetero) is 1. The van der Waals surface area contributed by atoms with Crippen molar-refractivity contribution in [2.75, 3.05) is 0 Å². The molecule has 0 spiro atoms. The summed E-state index contributed by atoms with van der Waals surface area (Å²) in [5.74, 6) is -0.452. The Kier molecular flexibility index (Phi) is 4.28. The van der Waals surface area contributed by atoms with Crippen LogP contribution in [0, 0.1) is 5.41 Å². The monoisotopic (exact) mass is 284 g/mol. The summed E-state index contributed by atoms with van der Waals surface area (Å²) >= 11 is 28.6. The van der Waals surface area contributed by atoms with Crippen LogP contribution in [0.5, 0.6) is 0 Å². The van der Waals surface area contributed by atoms with Gasteiger partial charge in [0.1, 0.15) is 0 Å². The molecule has 0 heterocycles. The van der Waals surface area contributed by atoms with Crippen LogP contribution < -0.4 is 0 Å². The average Bonchev–Trinajstić information content (AvgIpc) is 1.84. The lowest BCUT2D eigenvalue weighted by atomic mass is 9.88. The first-order valence-corrected chi connectivity index (χ1v) is 5.29. The second-order valence-corrected chi connectivity index (χ2v) is 6.86. The van der Waals surface area contributed by atoms with Gasteiger partial charge >= 0.3 is 0 Å². The first kappa shape index (κ1) is 14.1.